The molecule has 2 atom stereocenters. The molecule has 1 aromatic rings. The van der Waals surface area contributed by atoms with Crippen LogP contribution >= 0.6 is 0 Å². The molecule has 0 saturated carbocycles. The third-order valence-corrected chi connectivity index (χ3v) is 4.12. The van der Waals surface area contributed by atoms with Crippen LogP contribution in [0.15, 0.2) is 54.6 Å². The van der Waals surface area contributed by atoms with E-state index in [0.717, 1.165) is 25.8 Å². The maximum absolute atomic E-state index is 11.6. The summed E-state index contributed by atoms with van der Waals surface area (Å²) in [7, 11) is 0. The lowest BCUT2D eigenvalue weighted by molar-refractivity contribution is -0.137. The molecule has 3 heteroatoms. The lowest BCUT2D eigenvalue weighted by Gasteiger charge is -2.38. The number of carbonyl (C=O) groups is 1. The van der Waals surface area contributed by atoms with Gasteiger partial charge in [-0.3, -0.25) is 4.90 Å². The van der Waals surface area contributed by atoms with Crippen molar-refractivity contribution >= 4 is 5.97 Å². The molecule has 124 valence electrons. The molecule has 1 aliphatic rings. The molecular formula is C20H27NO2. The lowest BCUT2D eigenvalue weighted by Crippen LogP contribution is -2.43. The minimum Gasteiger partial charge on any atom is -0.463 e. The van der Waals surface area contributed by atoms with E-state index in [1.54, 1.807) is 6.08 Å². The summed E-state index contributed by atoms with van der Waals surface area (Å²) in [5.74, 6) is -0.256. The second-order valence-corrected chi connectivity index (χ2v) is 5.86. The maximum atomic E-state index is 11.6. The standard InChI is InChI=1S/C20H27NO2/c1-3-9-18-12-8-13-19(14-15-20(22)23-4-2)21(18)16-17-10-6-5-7-11-17/h5-8,10-12,14-15,18-19H,3-4,9,13,16H2,1-2H3/b15-14+/t18-,19-/m1/s1. The highest BCUT2D eigenvalue weighted by Gasteiger charge is 2.25. The summed E-state index contributed by atoms with van der Waals surface area (Å²) in [4.78, 5) is 14.1. The minimum absolute atomic E-state index is 0.237. The van der Waals surface area contributed by atoms with E-state index in [1.165, 1.54) is 5.56 Å². The molecule has 0 amide bonds. The van der Waals surface area contributed by atoms with Crippen molar-refractivity contribution in [2.24, 2.45) is 0 Å². The Morgan fingerprint density at radius 3 is 2.78 bits per heavy atom. The highest BCUT2D eigenvalue weighted by molar-refractivity contribution is 5.82. The third-order valence-electron chi connectivity index (χ3n) is 4.12. The van der Waals surface area contributed by atoms with Crippen LogP contribution < -0.4 is 0 Å². The molecule has 0 radical (unpaired) electrons. The van der Waals surface area contributed by atoms with Crippen molar-refractivity contribution in [1.82, 2.24) is 4.90 Å². The number of benzene rings is 1. The van der Waals surface area contributed by atoms with Crippen molar-refractivity contribution in [1.29, 1.82) is 0 Å². The average molecular weight is 313 g/mol. The number of hydrogen-bond donors (Lipinski definition) is 0. The van der Waals surface area contributed by atoms with Gasteiger partial charge in [-0.2, -0.15) is 0 Å². The number of nitrogens with zero attached hydrogens (tertiary/aromatic N) is 1. The fraction of sp³-hybridized carbons (Fsp3) is 0.450. The van der Waals surface area contributed by atoms with Crippen molar-refractivity contribution in [3.63, 3.8) is 0 Å². The Labute approximate surface area is 139 Å². The zero-order valence-electron chi connectivity index (χ0n) is 14.2. The molecule has 0 N–H and O–H groups in total. The van der Waals surface area contributed by atoms with Crippen LogP contribution in [0.5, 0.6) is 0 Å². The first-order chi connectivity index (χ1) is 11.2. The van der Waals surface area contributed by atoms with E-state index in [9.17, 15) is 4.79 Å². The van der Waals surface area contributed by atoms with Crippen molar-refractivity contribution in [2.75, 3.05) is 6.61 Å². The number of ether oxygens (including phenoxy) is 1. The van der Waals surface area contributed by atoms with Crippen LogP contribution in [-0.2, 0) is 16.1 Å². The minimum atomic E-state index is -0.256. The first-order valence-electron chi connectivity index (χ1n) is 8.55. The van der Waals surface area contributed by atoms with Gasteiger partial charge in [0, 0.05) is 24.7 Å². The summed E-state index contributed by atoms with van der Waals surface area (Å²) >= 11 is 0. The molecule has 0 aliphatic carbocycles. The quantitative estimate of drug-likeness (QED) is 0.431. The van der Waals surface area contributed by atoms with Gasteiger partial charge in [0.1, 0.15) is 0 Å². The Balaban J connectivity index is 2.13. The molecule has 0 bridgehead atoms. The Morgan fingerprint density at radius 2 is 2.09 bits per heavy atom. The second-order valence-electron chi connectivity index (χ2n) is 5.86. The normalized spacial score (nSPS) is 21.7. The highest BCUT2D eigenvalue weighted by Crippen LogP contribution is 2.24. The summed E-state index contributed by atoms with van der Waals surface area (Å²) < 4.78 is 5.00. The van der Waals surface area contributed by atoms with Crippen LogP contribution in [0.1, 0.15) is 38.7 Å². The molecule has 1 aromatic carbocycles. The monoisotopic (exact) mass is 313 g/mol. The Morgan fingerprint density at radius 1 is 1.30 bits per heavy atom. The molecular weight excluding hydrogens is 286 g/mol. The van der Waals surface area contributed by atoms with Gasteiger partial charge in [-0.05, 0) is 25.3 Å². The lowest BCUT2D eigenvalue weighted by atomic mass is 9.97. The Kier molecular flexibility index (Phi) is 7.08. The van der Waals surface area contributed by atoms with Gasteiger partial charge in [-0.25, -0.2) is 4.79 Å². The van der Waals surface area contributed by atoms with E-state index in [1.807, 2.05) is 19.1 Å². The van der Waals surface area contributed by atoms with Crippen molar-refractivity contribution in [2.45, 2.75) is 51.7 Å². The zero-order valence-corrected chi connectivity index (χ0v) is 14.2. The van der Waals surface area contributed by atoms with E-state index in [-0.39, 0.29) is 12.0 Å². The molecule has 0 saturated heterocycles. The molecule has 3 nitrogen and oxygen atoms in total. The molecule has 2 rings (SSSR count). The first-order valence-corrected chi connectivity index (χ1v) is 8.55. The van der Waals surface area contributed by atoms with Crippen molar-refractivity contribution < 1.29 is 9.53 Å². The van der Waals surface area contributed by atoms with E-state index in [4.69, 9.17) is 4.74 Å². The predicted molar refractivity (Wildman–Crippen MR) is 94.0 cm³/mol. The third kappa shape index (κ3) is 5.36. The summed E-state index contributed by atoms with van der Waals surface area (Å²) in [5.41, 5.74) is 1.30. The van der Waals surface area contributed by atoms with Gasteiger partial charge in [0.15, 0.2) is 0 Å². The largest absolute Gasteiger partial charge is 0.463 e. The smallest absolute Gasteiger partial charge is 0.330 e. The number of carbonyl (C=O) groups excluding carboxylic acids is 1. The Bertz CT molecular complexity index is 536. The maximum Gasteiger partial charge on any atom is 0.330 e. The van der Waals surface area contributed by atoms with Crippen LogP contribution in [0.4, 0.5) is 0 Å². The molecule has 0 fully saturated rings. The van der Waals surface area contributed by atoms with E-state index < -0.39 is 0 Å². The van der Waals surface area contributed by atoms with Crippen LogP contribution in [0.25, 0.3) is 0 Å². The van der Waals surface area contributed by atoms with Gasteiger partial charge in [0.05, 0.1) is 6.61 Å². The first kappa shape index (κ1) is 17.5. The molecule has 0 unspecified atom stereocenters. The summed E-state index contributed by atoms with van der Waals surface area (Å²) in [6.45, 7) is 5.36. The van der Waals surface area contributed by atoms with Crippen molar-refractivity contribution in [3.8, 4) is 0 Å². The van der Waals surface area contributed by atoms with E-state index in [0.29, 0.717) is 12.6 Å². The van der Waals surface area contributed by atoms with Gasteiger partial charge < -0.3 is 4.74 Å². The fourth-order valence-electron chi connectivity index (χ4n) is 3.02. The van der Waals surface area contributed by atoms with Crippen molar-refractivity contribution in [3.05, 3.63) is 60.2 Å². The number of esters is 1. The van der Waals surface area contributed by atoms with Gasteiger partial charge in [0.25, 0.3) is 0 Å². The fourth-order valence-corrected chi connectivity index (χ4v) is 3.02. The summed E-state index contributed by atoms with van der Waals surface area (Å²) in [6, 6.07) is 11.2. The predicted octanol–water partition coefficient (Wildman–Crippen LogP) is 4.11. The van der Waals surface area contributed by atoms with Gasteiger partial charge in [-0.1, -0.05) is 61.9 Å². The van der Waals surface area contributed by atoms with Crippen LogP contribution in [-0.4, -0.2) is 29.6 Å². The van der Waals surface area contributed by atoms with Gasteiger partial charge in [0.2, 0.25) is 0 Å². The van der Waals surface area contributed by atoms with E-state index in [2.05, 4.69) is 48.2 Å². The second kappa shape index (κ2) is 9.31. The highest BCUT2D eigenvalue weighted by atomic mass is 16.5. The SMILES string of the molecule is CCC[C@@H]1C=CC[C@H](/C=C/C(=O)OCC)N1Cc1ccccc1. The number of rotatable bonds is 7. The van der Waals surface area contributed by atoms with Crippen LogP contribution in [0.3, 0.4) is 0 Å². The summed E-state index contributed by atoms with van der Waals surface area (Å²) in [6.07, 6.45) is 11.3. The van der Waals surface area contributed by atoms with Gasteiger partial charge >= 0.3 is 5.97 Å². The Hall–Kier alpha value is -1.87. The van der Waals surface area contributed by atoms with Crippen LogP contribution in [0.2, 0.25) is 0 Å². The zero-order chi connectivity index (χ0) is 16.5. The van der Waals surface area contributed by atoms with E-state index >= 15 is 0 Å². The average Bonchev–Trinajstić information content (AvgIpc) is 2.56. The van der Waals surface area contributed by atoms with Crippen LogP contribution in [0, 0.1) is 0 Å². The van der Waals surface area contributed by atoms with Gasteiger partial charge in [-0.15, -0.1) is 0 Å². The molecule has 1 aliphatic heterocycles. The molecule has 1 heterocycles. The topological polar surface area (TPSA) is 29.5 Å². The molecule has 0 aromatic heterocycles. The molecule has 23 heavy (non-hydrogen) atoms. The summed E-state index contributed by atoms with van der Waals surface area (Å²) in [5, 5.41) is 0. The number of hydrogen-bond acceptors (Lipinski definition) is 3. The molecule has 0 spiro atoms.